The summed E-state index contributed by atoms with van der Waals surface area (Å²) >= 11 is 0. The maximum absolute atomic E-state index is 12.5. The van der Waals surface area contributed by atoms with Crippen LogP contribution >= 0.6 is 0 Å². The smallest absolute Gasteiger partial charge is 0.225 e. The van der Waals surface area contributed by atoms with E-state index in [2.05, 4.69) is 22.1 Å². The lowest BCUT2D eigenvalue weighted by Crippen LogP contribution is -2.43. The van der Waals surface area contributed by atoms with Crippen molar-refractivity contribution in [1.82, 2.24) is 14.9 Å². The van der Waals surface area contributed by atoms with Crippen LogP contribution in [-0.4, -0.2) is 54.6 Å². The highest BCUT2D eigenvalue weighted by Gasteiger charge is 2.28. The Morgan fingerprint density at radius 3 is 3.09 bits per heavy atom. The van der Waals surface area contributed by atoms with Crippen molar-refractivity contribution in [2.75, 3.05) is 38.7 Å². The summed E-state index contributed by atoms with van der Waals surface area (Å²) in [5.74, 6) is 1.28. The summed E-state index contributed by atoms with van der Waals surface area (Å²) in [6.07, 6.45) is 8.71. The minimum Gasteiger partial charge on any atom is -0.368 e. The summed E-state index contributed by atoms with van der Waals surface area (Å²) in [5, 5.41) is 0. The number of allylic oxidation sites excluding steroid dienone is 2. The van der Waals surface area contributed by atoms with Gasteiger partial charge in [0.05, 0.1) is 18.8 Å². The maximum Gasteiger partial charge on any atom is 0.225 e. The molecular formula is C17H24N4O2. The Labute approximate surface area is 137 Å². The van der Waals surface area contributed by atoms with E-state index in [1.54, 1.807) is 6.20 Å². The molecule has 1 aliphatic heterocycles. The summed E-state index contributed by atoms with van der Waals surface area (Å²) in [6.45, 7) is 1.79. The third-order valence-electron chi connectivity index (χ3n) is 4.36. The predicted molar refractivity (Wildman–Crippen MR) is 88.1 cm³/mol. The molecule has 3 rings (SSSR count). The molecule has 6 heteroatoms. The van der Waals surface area contributed by atoms with Crippen molar-refractivity contribution in [3.63, 3.8) is 0 Å². The van der Waals surface area contributed by atoms with E-state index in [1.807, 2.05) is 30.0 Å². The number of amides is 1. The van der Waals surface area contributed by atoms with Gasteiger partial charge in [0.2, 0.25) is 11.9 Å². The molecular weight excluding hydrogens is 292 g/mol. The first-order valence-corrected chi connectivity index (χ1v) is 8.20. The molecule has 2 aliphatic rings. The van der Waals surface area contributed by atoms with Crippen molar-refractivity contribution in [1.29, 1.82) is 0 Å². The van der Waals surface area contributed by atoms with Gasteiger partial charge in [-0.1, -0.05) is 12.2 Å². The van der Waals surface area contributed by atoms with Crippen LogP contribution in [0.15, 0.2) is 24.4 Å². The number of hydrogen-bond acceptors (Lipinski definition) is 5. The minimum atomic E-state index is -0.173. The Hall–Kier alpha value is -1.95. The number of rotatable bonds is 4. The van der Waals surface area contributed by atoms with Crippen LogP contribution in [0.3, 0.4) is 0 Å². The molecule has 0 radical (unpaired) electrons. The van der Waals surface area contributed by atoms with Crippen molar-refractivity contribution in [3.8, 4) is 0 Å². The van der Waals surface area contributed by atoms with Gasteiger partial charge < -0.3 is 14.5 Å². The molecule has 1 aromatic heterocycles. The fourth-order valence-electron chi connectivity index (χ4n) is 3.03. The molecule has 0 spiro atoms. The standard InChI is InChI=1S/C17H24N4O2/c1-20(2)17-18-8-7-14(19-17)15-12-21(9-10-23-15)16(22)11-13-5-3-4-6-13/h3,5,7-8,13,15H,4,6,9-12H2,1-2H3. The number of hydrogen-bond donors (Lipinski definition) is 0. The minimum absolute atomic E-state index is 0.173. The first kappa shape index (κ1) is 15.9. The van der Waals surface area contributed by atoms with Gasteiger partial charge >= 0.3 is 0 Å². The molecule has 0 saturated carbocycles. The number of morpholine rings is 1. The van der Waals surface area contributed by atoms with E-state index in [9.17, 15) is 4.79 Å². The van der Waals surface area contributed by atoms with Gasteiger partial charge in [-0.15, -0.1) is 0 Å². The lowest BCUT2D eigenvalue weighted by Gasteiger charge is -2.33. The zero-order valence-corrected chi connectivity index (χ0v) is 13.8. The Morgan fingerprint density at radius 1 is 1.48 bits per heavy atom. The van der Waals surface area contributed by atoms with Crippen LogP contribution in [0, 0.1) is 5.92 Å². The molecule has 23 heavy (non-hydrogen) atoms. The Bertz CT molecular complexity index is 588. The van der Waals surface area contributed by atoms with Crippen LogP contribution in [0.1, 0.15) is 31.1 Å². The molecule has 0 N–H and O–H groups in total. The fourth-order valence-corrected chi connectivity index (χ4v) is 3.03. The fraction of sp³-hybridized carbons (Fsp3) is 0.588. The highest BCUT2D eigenvalue weighted by molar-refractivity contribution is 5.76. The summed E-state index contributed by atoms with van der Waals surface area (Å²) in [4.78, 5) is 25.0. The number of aromatic nitrogens is 2. The van der Waals surface area contributed by atoms with Gasteiger partial charge in [0.25, 0.3) is 0 Å². The summed E-state index contributed by atoms with van der Waals surface area (Å²) in [5.41, 5.74) is 0.835. The molecule has 2 heterocycles. The normalized spacial score (nSPS) is 24.0. The lowest BCUT2D eigenvalue weighted by molar-refractivity contribution is -0.139. The average Bonchev–Trinajstić information content (AvgIpc) is 3.08. The van der Waals surface area contributed by atoms with Crippen molar-refractivity contribution in [2.24, 2.45) is 5.92 Å². The van der Waals surface area contributed by atoms with Crippen LogP contribution < -0.4 is 4.90 Å². The second kappa shape index (κ2) is 7.08. The third-order valence-corrected chi connectivity index (χ3v) is 4.36. The van der Waals surface area contributed by atoms with E-state index in [0.717, 1.165) is 18.5 Å². The second-order valence-corrected chi connectivity index (χ2v) is 6.34. The summed E-state index contributed by atoms with van der Waals surface area (Å²) in [7, 11) is 3.82. The molecule has 1 amide bonds. The number of nitrogens with zero attached hydrogens (tertiary/aromatic N) is 4. The zero-order valence-electron chi connectivity index (χ0n) is 13.8. The van der Waals surface area contributed by atoms with Gasteiger partial charge in [-0.2, -0.15) is 0 Å². The van der Waals surface area contributed by atoms with Crippen LogP contribution in [0.2, 0.25) is 0 Å². The van der Waals surface area contributed by atoms with E-state index in [0.29, 0.717) is 38.0 Å². The first-order valence-electron chi connectivity index (χ1n) is 8.20. The largest absolute Gasteiger partial charge is 0.368 e. The second-order valence-electron chi connectivity index (χ2n) is 6.34. The van der Waals surface area contributed by atoms with Gasteiger partial charge in [0.1, 0.15) is 6.10 Å². The van der Waals surface area contributed by atoms with Gasteiger partial charge in [-0.05, 0) is 24.8 Å². The SMILES string of the molecule is CN(C)c1nccc(C2CN(C(=O)CC3C=CCC3)CCO2)n1. The number of carbonyl (C=O) groups is 1. The van der Waals surface area contributed by atoms with E-state index < -0.39 is 0 Å². The molecule has 1 aliphatic carbocycles. The third kappa shape index (κ3) is 3.88. The van der Waals surface area contributed by atoms with E-state index in [4.69, 9.17) is 4.74 Å². The van der Waals surface area contributed by atoms with Crippen LogP contribution in [-0.2, 0) is 9.53 Å². The number of ether oxygens (including phenoxy) is 1. The summed E-state index contributed by atoms with van der Waals surface area (Å²) < 4.78 is 5.83. The quantitative estimate of drug-likeness (QED) is 0.793. The van der Waals surface area contributed by atoms with Gasteiger partial charge in [0, 0.05) is 33.3 Å². The molecule has 124 valence electrons. The highest BCUT2D eigenvalue weighted by atomic mass is 16.5. The van der Waals surface area contributed by atoms with Gasteiger partial charge in [0.15, 0.2) is 0 Å². The monoisotopic (exact) mass is 316 g/mol. The lowest BCUT2D eigenvalue weighted by atomic mass is 10.0. The van der Waals surface area contributed by atoms with Crippen molar-refractivity contribution < 1.29 is 9.53 Å². The van der Waals surface area contributed by atoms with Crippen LogP contribution in [0.25, 0.3) is 0 Å². The van der Waals surface area contributed by atoms with Crippen LogP contribution in [0.5, 0.6) is 0 Å². The first-order chi connectivity index (χ1) is 11.1. The Kier molecular flexibility index (Phi) is 4.91. The number of carbonyl (C=O) groups excluding carboxylic acids is 1. The highest BCUT2D eigenvalue weighted by Crippen LogP contribution is 2.25. The van der Waals surface area contributed by atoms with Crippen molar-refractivity contribution in [2.45, 2.75) is 25.4 Å². The Balaban J connectivity index is 1.64. The van der Waals surface area contributed by atoms with E-state index >= 15 is 0 Å². The van der Waals surface area contributed by atoms with E-state index in [-0.39, 0.29) is 12.0 Å². The maximum atomic E-state index is 12.5. The molecule has 1 aromatic rings. The molecule has 2 unspecified atom stereocenters. The molecule has 0 aromatic carbocycles. The topological polar surface area (TPSA) is 58.6 Å². The van der Waals surface area contributed by atoms with Crippen LogP contribution in [0.4, 0.5) is 5.95 Å². The molecule has 1 saturated heterocycles. The number of anilines is 1. The van der Waals surface area contributed by atoms with Crippen molar-refractivity contribution >= 4 is 11.9 Å². The van der Waals surface area contributed by atoms with Gasteiger partial charge in [-0.3, -0.25) is 4.79 Å². The average molecular weight is 316 g/mol. The molecule has 0 bridgehead atoms. The Morgan fingerprint density at radius 2 is 2.35 bits per heavy atom. The molecule has 1 fully saturated rings. The summed E-state index contributed by atoms with van der Waals surface area (Å²) in [6, 6.07) is 1.87. The predicted octanol–water partition coefficient (Wildman–Crippen LogP) is 1.80. The van der Waals surface area contributed by atoms with E-state index in [1.165, 1.54) is 0 Å². The zero-order chi connectivity index (χ0) is 16.2. The molecule has 6 nitrogen and oxygen atoms in total. The van der Waals surface area contributed by atoms with Gasteiger partial charge in [-0.25, -0.2) is 9.97 Å². The molecule has 2 atom stereocenters. The van der Waals surface area contributed by atoms with Crippen molar-refractivity contribution in [3.05, 3.63) is 30.1 Å².